The summed E-state index contributed by atoms with van der Waals surface area (Å²) in [6, 6.07) is 107. The van der Waals surface area contributed by atoms with E-state index >= 15 is 0 Å². The average molecular weight is 983 g/mol. The molecule has 0 amide bonds. The molecule has 12 aromatic carbocycles. The second-order valence-corrected chi connectivity index (χ2v) is 20.8. The SMILES string of the molecule is CC1(C)c2cc(-c3ccc(-c4cc5c(-c6ccccc6)c(-c6ccccc6)n(-c6ccccc6)c5c5ccccc45)cc3)ccc2-c2ccc(N(c3ccc(-c4ccccc4)cc3)c3ccc(-c4ccccc4)cc3)cc21. The van der Waals surface area contributed by atoms with E-state index in [4.69, 9.17) is 0 Å². The molecule has 2 nitrogen and oxygen atoms in total. The van der Waals surface area contributed by atoms with E-state index < -0.39 is 0 Å². The molecule has 14 rings (SSSR count). The molecule has 0 radical (unpaired) electrons. The van der Waals surface area contributed by atoms with E-state index in [1.807, 2.05) is 0 Å². The van der Waals surface area contributed by atoms with Gasteiger partial charge in [-0.25, -0.2) is 0 Å². The Labute approximate surface area is 451 Å². The van der Waals surface area contributed by atoms with Gasteiger partial charge in [-0.1, -0.05) is 244 Å². The van der Waals surface area contributed by atoms with E-state index in [1.54, 1.807) is 0 Å². The molecule has 0 aliphatic heterocycles. The minimum Gasteiger partial charge on any atom is -0.310 e. The Kier molecular flexibility index (Phi) is 11.2. The van der Waals surface area contributed by atoms with Crippen molar-refractivity contribution in [1.82, 2.24) is 4.57 Å². The van der Waals surface area contributed by atoms with Crippen molar-refractivity contribution in [2.75, 3.05) is 4.90 Å². The maximum Gasteiger partial charge on any atom is 0.0620 e. The van der Waals surface area contributed by atoms with E-state index in [9.17, 15) is 0 Å². The first kappa shape index (κ1) is 45.8. The lowest BCUT2D eigenvalue weighted by Crippen LogP contribution is -2.16. The highest BCUT2D eigenvalue weighted by molar-refractivity contribution is 6.20. The number of aromatic nitrogens is 1. The highest BCUT2D eigenvalue weighted by Crippen LogP contribution is 2.53. The molecular weight excluding hydrogens is 929 g/mol. The van der Waals surface area contributed by atoms with Crippen molar-refractivity contribution in [2.24, 2.45) is 0 Å². The van der Waals surface area contributed by atoms with Crippen LogP contribution in [0.25, 0.3) is 105 Å². The summed E-state index contributed by atoms with van der Waals surface area (Å²) in [7, 11) is 0. The van der Waals surface area contributed by atoms with Gasteiger partial charge < -0.3 is 9.47 Å². The van der Waals surface area contributed by atoms with Crippen LogP contribution in [-0.4, -0.2) is 4.57 Å². The third-order valence-electron chi connectivity index (χ3n) is 16.0. The number of rotatable bonds is 10. The quantitative estimate of drug-likeness (QED) is 0.133. The Morgan fingerprint density at radius 3 is 1.26 bits per heavy atom. The molecule has 0 saturated carbocycles. The van der Waals surface area contributed by atoms with Gasteiger partial charge >= 0.3 is 0 Å². The summed E-state index contributed by atoms with van der Waals surface area (Å²) < 4.78 is 2.49. The molecule has 0 spiro atoms. The van der Waals surface area contributed by atoms with Crippen molar-refractivity contribution in [3.8, 4) is 83.7 Å². The molecule has 1 aliphatic rings. The molecule has 2 heteroatoms. The van der Waals surface area contributed by atoms with Gasteiger partial charge in [0.05, 0.1) is 11.2 Å². The maximum absolute atomic E-state index is 2.49. The van der Waals surface area contributed by atoms with Crippen molar-refractivity contribution >= 4 is 38.7 Å². The number of benzene rings is 12. The largest absolute Gasteiger partial charge is 0.310 e. The van der Waals surface area contributed by atoms with E-state index in [1.165, 1.54) is 111 Å². The van der Waals surface area contributed by atoms with Crippen LogP contribution in [-0.2, 0) is 5.41 Å². The van der Waals surface area contributed by atoms with Crippen molar-refractivity contribution in [1.29, 1.82) is 0 Å². The summed E-state index contributed by atoms with van der Waals surface area (Å²) >= 11 is 0. The summed E-state index contributed by atoms with van der Waals surface area (Å²) in [5.74, 6) is 0. The molecule has 77 heavy (non-hydrogen) atoms. The van der Waals surface area contributed by atoms with E-state index in [0.29, 0.717) is 0 Å². The van der Waals surface area contributed by atoms with Gasteiger partial charge in [0.1, 0.15) is 0 Å². The van der Waals surface area contributed by atoms with Crippen molar-refractivity contribution < 1.29 is 0 Å². The molecule has 0 bridgehead atoms. The Bertz CT molecular complexity index is 4190. The second kappa shape index (κ2) is 18.9. The van der Waals surface area contributed by atoms with Crippen LogP contribution in [0.4, 0.5) is 17.1 Å². The van der Waals surface area contributed by atoms with Crippen molar-refractivity contribution in [2.45, 2.75) is 19.3 Å². The number of nitrogens with zero attached hydrogens (tertiary/aromatic N) is 2. The van der Waals surface area contributed by atoms with Crippen molar-refractivity contribution in [3.63, 3.8) is 0 Å². The van der Waals surface area contributed by atoms with E-state index in [0.717, 1.165) is 22.7 Å². The fraction of sp³-hybridized carbons (Fsp3) is 0.0400. The Balaban J connectivity index is 0.838. The molecule has 1 aliphatic carbocycles. The van der Waals surface area contributed by atoms with Crippen LogP contribution in [0.5, 0.6) is 0 Å². The van der Waals surface area contributed by atoms with Gasteiger partial charge in [0.15, 0.2) is 0 Å². The van der Waals surface area contributed by atoms with Crippen LogP contribution < -0.4 is 4.90 Å². The second-order valence-electron chi connectivity index (χ2n) is 20.8. The number of fused-ring (bicyclic) bond motifs is 6. The van der Waals surface area contributed by atoms with Crippen LogP contribution in [0, 0.1) is 0 Å². The predicted octanol–water partition coefficient (Wildman–Crippen LogP) is 20.6. The molecular formula is C75H54N2. The first-order valence-electron chi connectivity index (χ1n) is 26.7. The third-order valence-corrected chi connectivity index (χ3v) is 16.0. The lowest BCUT2D eigenvalue weighted by Gasteiger charge is -2.28. The molecule has 13 aromatic rings. The number of hydrogen-bond acceptors (Lipinski definition) is 1. The topological polar surface area (TPSA) is 8.17 Å². The number of para-hydroxylation sites is 1. The van der Waals surface area contributed by atoms with Gasteiger partial charge in [0.2, 0.25) is 0 Å². The summed E-state index contributed by atoms with van der Waals surface area (Å²) in [5, 5.41) is 3.68. The highest BCUT2D eigenvalue weighted by Gasteiger charge is 2.36. The van der Waals surface area contributed by atoms with Gasteiger partial charge in [-0.2, -0.15) is 0 Å². The average Bonchev–Trinajstić information content (AvgIpc) is 4.20. The van der Waals surface area contributed by atoms with Gasteiger partial charge in [-0.3, -0.25) is 0 Å². The molecule has 0 N–H and O–H groups in total. The normalized spacial score (nSPS) is 12.4. The summed E-state index contributed by atoms with van der Waals surface area (Å²) in [6.45, 7) is 4.78. The van der Waals surface area contributed by atoms with Crippen LogP contribution in [0.1, 0.15) is 25.0 Å². The first-order chi connectivity index (χ1) is 38.0. The fourth-order valence-corrected chi connectivity index (χ4v) is 12.2. The molecule has 1 heterocycles. The summed E-state index contributed by atoms with van der Waals surface area (Å²) in [6.07, 6.45) is 0. The molecule has 0 atom stereocenters. The summed E-state index contributed by atoms with van der Waals surface area (Å²) in [5.41, 5.74) is 25.2. The summed E-state index contributed by atoms with van der Waals surface area (Å²) in [4.78, 5) is 2.40. The molecule has 0 unspecified atom stereocenters. The molecule has 0 fully saturated rings. The smallest absolute Gasteiger partial charge is 0.0620 e. The standard InChI is InChI=1S/C75H54N2/c1-75(2)70-48-59(40-46-65(70)66-47-45-63(49-71(66)75)76(61-41-36-53(37-42-61)51-20-8-3-9-21-51)62-43-38-54(39-44-62)52-22-10-4-11-23-52)55-32-34-56(35-33-55)68-50-69-72(57-24-12-5-13-25-57)73(58-26-14-6-15-27-58)77(60-28-16-7-17-29-60)74(69)67-31-19-18-30-64(67)68/h3-50H,1-2H3. The molecule has 1 aromatic heterocycles. The monoisotopic (exact) mass is 982 g/mol. The molecule has 0 saturated heterocycles. The third kappa shape index (κ3) is 7.97. The Morgan fingerprint density at radius 1 is 0.286 bits per heavy atom. The highest BCUT2D eigenvalue weighted by atomic mass is 15.1. The Hall–Kier alpha value is -9.76. The maximum atomic E-state index is 2.49. The van der Waals surface area contributed by atoms with Gasteiger partial charge in [0.25, 0.3) is 0 Å². The number of anilines is 3. The molecule has 364 valence electrons. The Morgan fingerprint density at radius 2 is 0.688 bits per heavy atom. The first-order valence-corrected chi connectivity index (χ1v) is 26.7. The van der Waals surface area contributed by atoms with E-state index in [-0.39, 0.29) is 5.41 Å². The lowest BCUT2D eigenvalue weighted by atomic mass is 9.81. The minimum atomic E-state index is -0.240. The zero-order valence-electron chi connectivity index (χ0n) is 43.1. The van der Waals surface area contributed by atoms with E-state index in [2.05, 4.69) is 315 Å². The van der Waals surface area contributed by atoms with Gasteiger partial charge in [0, 0.05) is 44.5 Å². The van der Waals surface area contributed by atoms with Gasteiger partial charge in [-0.15, -0.1) is 0 Å². The zero-order chi connectivity index (χ0) is 51.5. The lowest BCUT2D eigenvalue weighted by molar-refractivity contribution is 0.660. The zero-order valence-corrected chi connectivity index (χ0v) is 43.1. The van der Waals surface area contributed by atoms with Crippen LogP contribution >= 0.6 is 0 Å². The van der Waals surface area contributed by atoms with Crippen LogP contribution in [0.2, 0.25) is 0 Å². The number of hydrogen-bond donors (Lipinski definition) is 0. The van der Waals surface area contributed by atoms with Crippen LogP contribution in [0.3, 0.4) is 0 Å². The van der Waals surface area contributed by atoms with Crippen molar-refractivity contribution in [3.05, 3.63) is 302 Å². The predicted molar refractivity (Wildman–Crippen MR) is 326 cm³/mol. The van der Waals surface area contributed by atoms with Crippen LogP contribution in [0.15, 0.2) is 291 Å². The van der Waals surface area contributed by atoms with Gasteiger partial charge in [-0.05, 0) is 144 Å². The fourth-order valence-electron chi connectivity index (χ4n) is 12.2. The minimum absolute atomic E-state index is 0.240.